The van der Waals surface area contributed by atoms with E-state index in [2.05, 4.69) is 20.7 Å². The summed E-state index contributed by atoms with van der Waals surface area (Å²) < 4.78 is 11.9. The Morgan fingerprint density at radius 3 is 2.41 bits per heavy atom. The normalized spacial score (nSPS) is 10.3. The molecule has 3 rings (SSSR count). The van der Waals surface area contributed by atoms with Gasteiger partial charge in [-0.25, -0.2) is 9.67 Å². The summed E-state index contributed by atoms with van der Waals surface area (Å²) in [5.41, 5.74) is 1.17. The third-order valence-electron chi connectivity index (χ3n) is 4.06. The van der Waals surface area contributed by atoms with Crippen LogP contribution in [-0.4, -0.2) is 47.3 Å². The van der Waals surface area contributed by atoms with Crippen molar-refractivity contribution in [1.82, 2.24) is 25.4 Å². The van der Waals surface area contributed by atoms with Crippen molar-refractivity contribution in [2.24, 2.45) is 0 Å². The Morgan fingerprint density at radius 2 is 1.83 bits per heavy atom. The minimum atomic E-state index is -0.400. The molecule has 0 radical (unpaired) electrons. The molecule has 0 saturated heterocycles. The van der Waals surface area contributed by atoms with Crippen molar-refractivity contribution in [3.05, 3.63) is 66.1 Å². The highest BCUT2D eigenvalue weighted by atomic mass is 16.5. The number of hydrogen-bond acceptors (Lipinski definition) is 6. The van der Waals surface area contributed by atoms with E-state index >= 15 is 0 Å². The van der Waals surface area contributed by atoms with Crippen molar-refractivity contribution >= 4 is 11.8 Å². The van der Waals surface area contributed by atoms with Gasteiger partial charge in [-0.05, 0) is 29.8 Å². The maximum Gasteiger partial charge on any atom is 0.251 e. The third-order valence-corrected chi connectivity index (χ3v) is 4.06. The van der Waals surface area contributed by atoms with Crippen molar-refractivity contribution in [2.45, 2.75) is 6.54 Å². The Balaban J connectivity index is 1.49. The fraction of sp³-hybridized carbons (Fsp3) is 0.200. The monoisotopic (exact) mass is 395 g/mol. The van der Waals surface area contributed by atoms with Crippen LogP contribution in [0.5, 0.6) is 11.5 Å². The molecule has 0 unspecified atom stereocenters. The largest absolute Gasteiger partial charge is 0.497 e. The van der Waals surface area contributed by atoms with Crippen LogP contribution in [0.4, 0.5) is 0 Å². The summed E-state index contributed by atoms with van der Waals surface area (Å²) in [5.74, 6) is 0.952. The molecule has 9 nitrogen and oxygen atoms in total. The Morgan fingerprint density at radius 1 is 1.07 bits per heavy atom. The molecule has 0 aliphatic rings. The van der Waals surface area contributed by atoms with E-state index in [1.165, 1.54) is 14.2 Å². The van der Waals surface area contributed by atoms with Crippen molar-refractivity contribution in [2.75, 3.05) is 20.8 Å². The highest BCUT2D eigenvalue weighted by Gasteiger charge is 2.11. The number of nitrogens with one attached hydrogen (secondary N) is 2. The second-order valence-corrected chi connectivity index (χ2v) is 6.04. The Labute approximate surface area is 167 Å². The molecule has 0 atom stereocenters. The van der Waals surface area contributed by atoms with E-state index in [9.17, 15) is 9.59 Å². The fourth-order valence-electron chi connectivity index (χ4n) is 2.53. The maximum absolute atomic E-state index is 12.3. The average molecular weight is 395 g/mol. The quantitative estimate of drug-likeness (QED) is 0.596. The van der Waals surface area contributed by atoms with E-state index in [4.69, 9.17) is 9.47 Å². The first kappa shape index (κ1) is 19.9. The highest BCUT2D eigenvalue weighted by Crippen LogP contribution is 2.22. The molecule has 2 amide bonds. The first-order valence-corrected chi connectivity index (χ1v) is 8.82. The molecular weight excluding hydrogens is 374 g/mol. The molecule has 0 fully saturated rings. The van der Waals surface area contributed by atoms with Crippen LogP contribution in [0.1, 0.15) is 15.9 Å². The van der Waals surface area contributed by atoms with Crippen LogP contribution in [0.3, 0.4) is 0 Å². The van der Waals surface area contributed by atoms with Crippen molar-refractivity contribution in [1.29, 1.82) is 0 Å². The number of benzene rings is 1. The molecule has 3 aromatic rings. The molecule has 150 valence electrons. The van der Waals surface area contributed by atoms with E-state index in [1.807, 2.05) is 18.2 Å². The van der Waals surface area contributed by atoms with Gasteiger partial charge >= 0.3 is 0 Å². The number of methoxy groups -OCH3 is 2. The van der Waals surface area contributed by atoms with Gasteiger partial charge in [0.1, 0.15) is 11.5 Å². The second-order valence-electron chi connectivity index (χ2n) is 6.04. The molecule has 0 bridgehead atoms. The van der Waals surface area contributed by atoms with Gasteiger partial charge < -0.3 is 20.1 Å². The molecule has 0 saturated carbocycles. The Hall–Kier alpha value is -3.88. The molecule has 0 spiro atoms. The lowest BCUT2D eigenvalue weighted by Crippen LogP contribution is -2.36. The molecule has 0 aliphatic heterocycles. The van der Waals surface area contributed by atoms with Crippen LogP contribution in [-0.2, 0) is 11.3 Å². The highest BCUT2D eigenvalue weighted by molar-refractivity contribution is 5.97. The Bertz CT molecular complexity index is 949. The van der Waals surface area contributed by atoms with Crippen molar-refractivity contribution in [3.8, 4) is 17.3 Å². The fourth-order valence-corrected chi connectivity index (χ4v) is 2.53. The van der Waals surface area contributed by atoms with E-state index in [1.54, 1.807) is 41.5 Å². The summed E-state index contributed by atoms with van der Waals surface area (Å²) in [4.78, 5) is 28.6. The SMILES string of the molecule is COc1cc(OC)cc(C(=O)NCC(=O)NCc2ccc(-n3cccn3)nc2)c1. The van der Waals surface area contributed by atoms with Gasteiger partial charge in [0.05, 0.1) is 20.8 Å². The number of carbonyl (C=O) groups excluding carboxylic acids is 2. The zero-order valence-electron chi connectivity index (χ0n) is 16.1. The molecule has 29 heavy (non-hydrogen) atoms. The standard InChI is InChI=1S/C20H21N5O4/c1-28-16-8-15(9-17(10-16)29-2)20(27)23-13-19(26)22-12-14-4-5-18(21-11-14)25-7-3-6-24-25/h3-11H,12-13H2,1-2H3,(H,22,26)(H,23,27). The van der Waals surface area contributed by atoms with Crippen molar-refractivity contribution < 1.29 is 19.1 Å². The summed E-state index contributed by atoms with van der Waals surface area (Å²) in [5, 5.41) is 9.42. The van der Waals surface area contributed by atoms with Gasteiger partial charge in [-0.1, -0.05) is 6.07 Å². The third kappa shape index (κ3) is 5.32. The number of nitrogens with zero attached hydrogens (tertiary/aromatic N) is 3. The number of pyridine rings is 1. The summed E-state index contributed by atoms with van der Waals surface area (Å²) in [6.07, 6.45) is 5.13. The molecular formula is C20H21N5O4. The van der Waals surface area contributed by atoms with Gasteiger partial charge in [-0.15, -0.1) is 0 Å². The molecule has 2 aromatic heterocycles. The smallest absolute Gasteiger partial charge is 0.251 e. The number of rotatable bonds is 8. The molecule has 9 heteroatoms. The van der Waals surface area contributed by atoms with Gasteiger partial charge in [0.2, 0.25) is 5.91 Å². The first-order chi connectivity index (χ1) is 14.1. The minimum absolute atomic E-state index is 0.156. The first-order valence-electron chi connectivity index (χ1n) is 8.82. The second kappa shape index (κ2) is 9.36. The van der Waals surface area contributed by atoms with Gasteiger partial charge in [0.25, 0.3) is 5.91 Å². The molecule has 1 aromatic carbocycles. The molecule has 2 N–H and O–H groups in total. The van der Waals surface area contributed by atoms with Gasteiger partial charge in [-0.2, -0.15) is 5.10 Å². The van der Waals surface area contributed by atoms with Crippen LogP contribution in [0.25, 0.3) is 5.82 Å². The minimum Gasteiger partial charge on any atom is -0.497 e. The Kier molecular flexibility index (Phi) is 6.41. The van der Waals surface area contributed by atoms with Gasteiger partial charge in [-0.3, -0.25) is 9.59 Å². The predicted molar refractivity (Wildman–Crippen MR) is 105 cm³/mol. The van der Waals surface area contributed by atoms with E-state index in [-0.39, 0.29) is 12.5 Å². The molecule has 0 aliphatic carbocycles. The summed E-state index contributed by atoms with van der Waals surface area (Å²) >= 11 is 0. The lowest BCUT2D eigenvalue weighted by molar-refractivity contribution is -0.120. The topological polar surface area (TPSA) is 107 Å². The van der Waals surface area contributed by atoms with E-state index in [0.29, 0.717) is 29.4 Å². The zero-order chi connectivity index (χ0) is 20.6. The van der Waals surface area contributed by atoms with Crippen LogP contribution in [0.2, 0.25) is 0 Å². The number of aromatic nitrogens is 3. The zero-order valence-corrected chi connectivity index (χ0v) is 16.1. The predicted octanol–water partition coefficient (Wildman–Crippen LogP) is 1.33. The number of ether oxygens (including phenoxy) is 2. The number of hydrogen-bond donors (Lipinski definition) is 2. The lowest BCUT2D eigenvalue weighted by Gasteiger charge is -2.10. The van der Waals surface area contributed by atoms with E-state index in [0.717, 1.165) is 5.56 Å². The van der Waals surface area contributed by atoms with Gasteiger partial charge in [0, 0.05) is 36.8 Å². The summed E-state index contributed by atoms with van der Waals surface area (Å²) in [6, 6.07) is 10.3. The van der Waals surface area contributed by atoms with Gasteiger partial charge in [0.15, 0.2) is 5.82 Å². The van der Waals surface area contributed by atoms with Crippen LogP contribution >= 0.6 is 0 Å². The van der Waals surface area contributed by atoms with Crippen LogP contribution in [0.15, 0.2) is 55.0 Å². The summed E-state index contributed by atoms with van der Waals surface area (Å²) in [6.45, 7) is 0.144. The van der Waals surface area contributed by atoms with Crippen LogP contribution in [0, 0.1) is 0 Å². The average Bonchev–Trinajstić information content (AvgIpc) is 3.30. The lowest BCUT2D eigenvalue weighted by atomic mass is 10.2. The number of amides is 2. The molecule has 2 heterocycles. The van der Waals surface area contributed by atoms with Crippen molar-refractivity contribution in [3.63, 3.8) is 0 Å². The maximum atomic E-state index is 12.3. The summed E-state index contributed by atoms with van der Waals surface area (Å²) in [7, 11) is 3.00. The number of carbonyl (C=O) groups is 2. The van der Waals surface area contributed by atoms with Crippen LogP contribution < -0.4 is 20.1 Å². The van der Waals surface area contributed by atoms with E-state index < -0.39 is 5.91 Å².